The third kappa shape index (κ3) is 7.47. The standard InChI is InChI=1S/C72H49N3/c1-7-21-49(22-8-1)50-35-37-51(38-36-50)52-39-41-53(42-40-52)63-47-64-62-33-19-20-34-65(62)72(58-29-15-5-16-30-58,59-31-17-6-18-32-59)66(64)48-67(63)73-60-43-44-61-57(45-60)46-68(54-23-9-2-10-24-54)75-71(61)69(55-25-11-3-12-26-55)70(74-75)56-27-13-4-14-28-56/h1-48,73H. The predicted molar refractivity (Wildman–Crippen MR) is 312 cm³/mol. The minimum absolute atomic E-state index is 0.564. The Morgan fingerprint density at radius 1 is 0.333 bits per heavy atom. The first-order valence-electron chi connectivity index (χ1n) is 25.8. The lowest BCUT2D eigenvalue weighted by atomic mass is 9.67. The molecule has 3 nitrogen and oxygen atoms in total. The number of fused-ring (bicyclic) bond motifs is 6. The molecule has 0 atom stereocenters. The Bertz CT molecular complexity index is 4150. The molecule has 1 N–H and O–H groups in total. The molecular formula is C72H49N3. The number of pyridine rings is 1. The third-order valence-corrected chi connectivity index (χ3v) is 15.3. The van der Waals surface area contributed by atoms with Gasteiger partial charge in [0, 0.05) is 39.0 Å². The molecule has 3 heteroatoms. The minimum atomic E-state index is -0.564. The zero-order chi connectivity index (χ0) is 49.7. The van der Waals surface area contributed by atoms with Crippen LogP contribution in [0.3, 0.4) is 0 Å². The minimum Gasteiger partial charge on any atom is -0.355 e. The van der Waals surface area contributed by atoms with Crippen LogP contribution in [0.1, 0.15) is 22.3 Å². The first kappa shape index (κ1) is 43.9. The van der Waals surface area contributed by atoms with E-state index >= 15 is 0 Å². The summed E-state index contributed by atoms with van der Waals surface area (Å²) < 4.78 is 2.17. The Kier molecular flexibility index (Phi) is 10.7. The van der Waals surface area contributed by atoms with Crippen LogP contribution in [0.4, 0.5) is 11.4 Å². The van der Waals surface area contributed by atoms with Gasteiger partial charge in [-0.25, -0.2) is 4.52 Å². The molecule has 0 aliphatic heterocycles. The summed E-state index contributed by atoms with van der Waals surface area (Å²) in [7, 11) is 0. The molecular weight excluding hydrogens is 907 g/mol. The molecule has 0 unspecified atom stereocenters. The lowest BCUT2D eigenvalue weighted by Crippen LogP contribution is -2.28. The molecule has 352 valence electrons. The SMILES string of the molecule is c1ccc(-c2ccc(-c3ccc(-c4cc5c(cc4Nc4ccc6c(c4)cc(-c4ccccc4)n4nc(-c7ccccc7)c(-c7ccccc7)c64)C(c4ccccc4)(c4ccccc4)c4ccccc4-5)cc3)cc2)cc1. The molecule has 0 saturated carbocycles. The van der Waals surface area contributed by atoms with Crippen LogP contribution in [0.15, 0.2) is 291 Å². The van der Waals surface area contributed by atoms with Crippen molar-refractivity contribution in [2.24, 2.45) is 0 Å². The monoisotopic (exact) mass is 955 g/mol. The van der Waals surface area contributed by atoms with Crippen molar-refractivity contribution in [1.82, 2.24) is 9.61 Å². The molecule has 0 spiro atoms. The van der Waals surface area contributed by atoms with Crippen molar-refractivity contribution in [2.45, 2.75) is 5.41 Å². The Hall–Kier alpha value is -9.83. The third-order valence-electron chi connectivity index (χ3n) is 15.3. The highest BCUT2D eigenvalue weighted by Crippen LogP contribution is 2.58. The van der Waals surface area contributed by atoms with Crippen molar-refractivity contribution in [2.75, 3.05) is 5.32 Å². The summed E-state index contributed by atoms with van der Waals surface area (Å²) in [5.41, 5.74) is 23.4. The van der Waals surface area contributed by atoms with E-state index in [1.807, 2.05) is 0 Å². The lowest BCUT2D eigenvalue weighted by molar-refractivity contribution is 0.769. The van der Waals surface area contributed by atoms with E-state index in [0.29, 0.717) is 0 Å². The first-order valence-corrected chi connectivity index (χ1v) is 25.8. The maximum absolute atomic E-state index is 5.48. The van der Waals surface area contributed by atoms with E-state index in [1.165, 1.54) is 55.6 Å². The summed E-state index contributed by atoms with van der Waals surface area (Å²) in [5, 5.41) is 11.8. The average Bonchev–Trinajstić information content (AvgIpc) is 4.04. The molecule has 2 aromatic heterocycles. The molecule has 75 heavy (non-hydrogen) atoms. The fourth-order valence-corrected chi connectivity index (χ4v) is 11.8. The van der Waals surface area contributed by atoms with Gasteiger partial charge in [0.05, 0.1) is 16.6 Å². The van der Waals surface area contributed by atoms with Crippen molar-refractivity contribution in [3.63, 3.8) is 0 Å². The van der Waals surface area contributed by atoms with Crippen molar-refractivity contribution in [3.05, 3.63) is 313 Å². The van der Waals surface area contributed by atoms with Gasteiger partial charge in [0.1, 0.15) is 5.69 Å². The second kappa shape index (κ2) is 18.3. The van der Waals surface area contributed by atoms with Gasteiger partial charge in [-0.2, -0.15) is 5.10 Å². The van der Waals surface area contributed by atoms with Crippen LogP contribution < -0.4 is 5.32 Å². The fraction of sp³-hybridized carbons (Fsp3) is 0.0139. The summed E-state index contributed by atoms with van der Waals surface area (Å²) >= 11 is 0. The quantitative estimate of drug-likeness (QED) is 0.148. The number of benzene rings is 11. The molecule has 1 aliphatic rings. The molecule has 14 rings (SSSR count). The summed E-state index contributed by atoms with van der Waals surface area (Å²) in [6, 6.07) is 106. The summed E-state index contributed by atoms with van der Waals surface area (Å²) in [6.07, 6.45) is 0. The van der Waals surface area contributed by atoms with Gasteiger partial charge in [0.2, 0.25) is 0 Å². The molecule has 0 bridgehead atoms. The van der Waals surface area contributed by atoms with Gasteiger partial charge in [-0.15, -0.1) is 0 Å². The molecule has 0 saturated heterocycles. The number of hydrogen-bond acceptors (Lipinski definition) is 2. The highest BCUT2D eigenvalue weighted by molar-refractivity contribution is 6.09. The first-order chi connectivity index (χ1) is 37.2. The number of hydrogen-bond donors (Lipinski definition) is 1. The van der Waals surface area contributed by atoms with E-state index < -0.39 is 5.41 Å². The lowest BCUT2D eigenvalue weighted by Gasteiger charge is -2.34. The maximum Gasteiger partial charge on any atom is 0.101 e. The van der Waals surface area contributed by atoms with Gasteiger partial charge in [0.25, 0.3) is 0 Å². The number of nitrogens with zero attached hydrogens (tertiary/aromatic N) is 2. The van der Waals surface area contributed by atoms with E-state index in [2.05, 4.69) is 301 Å². The Morgan fingerprint density at radius 2 is 0.813 bits per heavy atom. The highest BCUT2D eigenvalue weighted by Gasteiger charge is 2.46. The molecule has 2 heterocycles. The second-order valence-corrected chi connectivity index (χ2v) is 19.5. The van der Waals surface area contributed by atoms with Crippen molar-refractivity contribution in [1.29, 1.82) is 0 Å². The zero-order valence-electron chi connectivity index (χ0n) is 41.1. The summed E-state index contributed by atoms with van der Waals surface area (Å²) in [4.78, 5) is 0. The van der Waals surface area contributed by atoms with Crippen LogP contribution >= 0.6 is 0 Å². The number of anilines is 2. The smallest absolute Gasteiger partial charge is 0.101 e. The Labute approximate surface area is 437 Å². The second-order valence-electron chi connectivity index (χ2n) is 19.5. The Morgan fingerprint density at radius 3 is 1.40 bits per heavy atom. The van der Waals surface area contributed by atoms with Crippen LogP contribution in [-0.2, 0) is 5.41 Å². The van der Waals surface area contributed by atoms with Gasteiger partial charge in [-0.1, -0.05) is 261 Å². The van der Waals surface area contributed by atoms with Crippen molar-refractivity contribution in [3.8, 4) is 78.1 Å². The Balaban J connectivity index is 0.973. The van der Waals surface area contributed by atoms with Crippen LogP contribution in [0, 0.1) is 0 Å². The van der Waals surface area contributed by atoms with Gasteiger partial charge in [0.15, 0.2) is 0 Å². The molecule has 13 aromatic rings. The van der Waals surface area contributed by atoms with Crippen LogP contribution in [-0.4, -0.2) is 9.61 Å². The topological polar surface area (TPSA) is 29.3 Å². The summed E-state index contributed by atoms with van der Waals surface area (Å²) in [6.45, 7) is 0. The van der Waals surface area contributed by atoms with Crippen LogP contribution in [0.5, 0.6) is 0 Å². The van der Waals surface area contributed by atoms with E-state index in [4.69, 9.17) is 5.10 Å². The number of nitrogens with one attached hydrogen (secondary N) is 1. The summed E-state index contributed by atoms with van der Waals surface area (Å²) in [5.74, 6) is 0. The van der Waals surface area contributed by atoms with Gasteiger partial charge in [-0.05, 0) is 102 Å². The number of aromatic nitrogens is 2. The van der Waals surface area contributed by atoms with Crippen molar-refractivity contribution >= 4 is 27.7 Å². The molecule has 0 radical (unpaired) electrons. The zero-order valence-corrected chi connectivity index (χ0v) is 41.1. The van der Waals surface area contributed by atoms with E-state index in [9.17, 15) is 0 Å². The van der Waals surface area contributed by atoms with Crippen LogP contribution in [0.25, 0.3) is 94.4 Å². The fourth-order valence-electron chi connectivity index (χ4n) is 11.8. The van der Waals surface area contributed by atoms with Crippen molar-refractivity contribution < 1.29 is 0 Å². The highest BCUT2D eigenvalue weighted by atomic mass is 15.2. The van der Waals surface area contributed by atoms with E-state index in [-0.39, 0.29) is 0 Å². The van der Waals surface area contributed by atoms with E-state index in [0.717, 1.165) is 72.4 Å². The van der Waals surface area contributed by atoms with Crippen LogP contribution in [0.2, 0.25) is 0 Å². The molecule has 0 amide bonds. The molecule has 1 aliphatic carbocycles. The largest absolute Gasteiger partial charge is 0.355 e. The van der Waals surface area contributed by atoms with E-state index in [1.54, 1.807) is 0 Å². The van der Waals surface area contributed by atoms with Gasteiger partial charge in [-0.3, -0.25) is 0 Å². The molecule has 11 aromatic carbocycles. The predicted octanol–water partition coefficient (Wildman–Crippen LogP) is 18.6. The normalized spacial score (nSPS) is 12.4. The average molecular weight is 956 g/mol. The van der Waals surface area contributed by atoms with Gasteiger partial charge < -0.3 is 5.32 Å². The molecule has 0 fully saturated rings. The van der Waals surface area contributed by atoms with Gasteiger partial charge >= 0.3 is 0 Å². The number of rotatable bonds is 10. The maximum atomic E-state index is 5.48.